The zero-order valence-electron chi connectivity index (χ0n) is 8.74. The third-order valence-corrected chi connectivity index (χ3v) is 3.97. The van der Waals surface area contributed by atoms with Gasteiger partial charge in [-0.1, -0.05) is 5.92 Å². The van der Waals surface area contributed by atoms with Crippen molar-refractivity contribution in [1.82, 2.24) is 10.3 Å². The van der Waals surface area contributed by atoms with Gasteiger partial charge in [0.15, 0.2) is 0 Å². The first-order valence-electron chi connectivity index (χ1n) is 5.40. The van der Waals surface area contributed by atoms with Crippen molar-refractivity contribution in [1.29, 1.82) is 0 Å². The van der Waals surface area contributed by atoms with Crippen LogP contribution in [0.15, 0.2) is 0 Å². The highest BCUT2D eigenvalue weighted by Gasteiger charge is 2.40. The van der Waals surface area contributed by atoms with Gasteiger partial charge in [0, 0.05) is 12.1 Å². The molecule has 2 bridgehead atoms. The van der Waals surface area contributed by atoms with Crippen LogP contribution in [0.4, 0.5) is 0 Å². The van der Waals surface area contributed by atoms with Crippen molar-refractivity contribution >= 4 is 0 Å². The molecule has 3 heteroatoms. The maximum Gasteiger partial charge on any atom is 0.0844 e. The van der Waals surface area contributed by atoms with Crippen LogP contribution in [0.2, 0.25) is 0 Å². The lowest BCUT2D eigenvalue weighted by molar-refractivity contribution is 0.123. The van der Waals surface area contributed by atoms with Crippen molar-refractivity contribution in [3.8, 4) is 12.3 Å². The minimum absolute atomic E-state index is 0.0619. The maximum atomic E-state index is 5.45. The van der Waals surface area contributed by atoms with E-state index in [1.165, 1.54) is 25.7 Å². The molecule has 0 aromatic rings. The van der Waals surface area contributed by atoms with E-state index in [0.29, 0.717) is 5.92 Å². The average Bonchev–Trinajstić information content (AvgIpc) is 2.42. The van der Waals surface area contributed by atoms with Crippen LogP contribution in [0, 0.1) is 18.3 Å². The molecule has 2 fully saturated rings. The number of nitrogens with one attached hydrogen (secondary N) is 1. The van der Waals surface area contributed by atoms with Crippen molar-refractivity contribution in [2.45, 2.75) is 43.8 Å². The quantitative estimate of drug-likeness (QED) is 0.377. The molecule has 0 aromatic carbocycles. The number of piperidine rings is 1. The first-order chi connectivity index (χ1) is 6.76. The minimum Gasteiger partial charge on any atom is -0.300 e. The summed E-state index contributed by atoms with van der Waals surface area (Å²) in [4.78, 5) is 2.51. The second-order valence-electron chi connectivity index (χ2n) is 4.59. The Morgan fingerprint density at radius 1 is 1.43 bits per heavy atom. The third-order valence-electron chi connectivity index (χ3n) is 3.97. The molecule has 3 N–H and O–H groups in total. The van der Waals surface area contributed by atoms with E-state index in [4.69, 9.17) is 12.3 Å². The van der Waals surface area contributed by atoms with Crippen molar-refractivity contribution < 1.29 is 0 Å². The molecule has 2 aliphatic heterocycles. The molecule has 0 radical (unpaired) electrons. The predicted molar refractivity (Wildman–Crippen MR) is 57.2 cm³/mol. The Balaban J connectivity index is 2.02. The fourth-order valence-corrected chi connectivity index (χ4v) is 3.05. The van der Waals surface area contributed by atoms with Crippen LogP contribution >= 0.6 is 0 Å². The number of hydrazine groups is 1. The van der Waals surface area contributed by atoms with Crippen LogP contribution in [0.1, 0.15) is 25.7 Å². The molecule has 3 atom stereocenters. The summed E-state index contributed by atoms with van der Waals surface area (Å²) in [6.07, 6.45) is 10.5. The fourth-order valence-electron chi connectivity index (χ4n) is 3.05. The molecule has 0 aliphatic carbocycles. The first kappa shape index (κ1) is 9.97. The summed E-state index contributed by atoms with van der Waals surface area (Å²) in [6.45, 7) is 0. The van der Waals surface area contributed by atoms with E-state index >= 15 is 0 Å². The Morgan fingerprint density at radius 2 is 2.00 bits per heavy atom. The van der Waals surface area contributed by atoms with Crippen LogP contribution in [0.25, 0.3) is 0 Å². The molecule has 0 amide bonds. The monoisotopic (exact) mass is 193 g/mol. The molecule has 0 aromatic heterocycles. The zero-order chi connectivity index (χ0) is 10.1. The van der Waals surface area contributed by atoms with E-state index in [1.54, 1.807) is 0 Å². The molecule has 2 rings (SSSR count). The molecule has 2 saturated heterocycles. The third kappa shape index (κ3) is 1.54. The van der Waals surface area contributed by atoms with E-state index < -0.39 is 0 Å². The Hall–Kier alpha value is -0.560. The molecule has 3 unspecified atom stereocenters. The number of terminal acetylenes is 1. The van der Waals surface area contributed by atoms with E-state index in [-0.39, 0.29) is 6.04 Å². The molecule has 0 saturated carbocycles. The van der Waals surface area contributed by atoms with Crippen LogP contribution in [0.3, 0.4) is 0 Å². The summed E-state index contributed by atoms with van der Waals surface area (Å²) < 4.78 is 0. The number of hydrogen-bond acceptors (Lipinski definition) is 3. The molecular formula is C11H19N3. The molecular weight excluding hydrogens is 174 g/mol. The van der Waals surface area contributed by atoms with Gasteiger partial charge in [-0.3, -0.25) is 5.84 Å². The lowest BCUT2D eigenvalue weighted by Gasteiger charge is -2.38. The van der Waals surface area contributed by atoms with Gasteiger partial charge in [-0.15, -0.1) is 6.42 Å². The highest BCUT2D eigenvalue weighted by Crippen LogP contribution is 2.38. The maximum absolute atomic E-state index is 5.45. The van der Waals surface area contributed by atoms with Gasteiger partial charge in [0.1, 0.15) is 0 Å². The smallest absolute Gasteiger partial charge is 0.0844 e. The van der Waals surface area contributed by atoms with Crippen LogP contribution in [-0.2, 0) is 0 Å². The Bertz CT molecular complexity index is 231. The number of fused-ring (bicyclic) bond motifs is 2. The van der Waals surface area contributed by atoms with Crippen molar-refractivity contribution in [2.24, 2.45) is 11.8 Å². The summed E-state index contributed by atoms with van der Waals surface area (Å²) in [5.41, 5.74) is 2.75. The van der Waals surface area contributed by atoms with Crippen LogP contribution in [0.5, 0.6) is 0 Å². The molecule has 14 heavy (non-hydrogen) atoms. The van der Waals surface area contributed by atoms with Crippen LogP contribution in [-0.4, -0.2) is 30.1 Å². The van der Waals surface area contributed by atoms with E-state index in [9.17, 15) is 0 Å². The predicted octanol–water partition coefficient (Wildman–Crippen LogP) is 0.324. The van der Waals surface area contributed by atoms with Gasteiger partial charge < -0.3 is 4.90 Å². The second kappa shape index (κ2) is 3.90. The van der Waals surface area contributed by atoms with Gasteiger partial charge in [-0.25, -0.2) is 5.43 Å². The summed E-state index contributed by atoms with van der Waals surface area (Å²) in [5, 5.41) is 0. The van der Waals surface area contributed by atoms with Crippen LogP contribution < -0.4 is 11.3 Å². The zero-order valence-corrected chi connectivity index (χ0v) is 8.74. The molecule has 0 spiro atoms. The second-order valence-corrected chi connectivity index (χ2v) is 4.59. The highest BCUT2D eigenvalue weighted by molar-refractivity contribution is 5.06. The Morgan fingerprint density at radius 3 is 2.43 bits per heavy atom. The number of hydrogen-bond donors (Lipinski definition) is 2. The molecule has 78 valence electrons. The van der Waals surface area contributed by atoms with E-state index in [1.807, 2.05) is 0 Å². The molecule has 2 heterocycles. The molecule has 3 nitrogen and oxygen atoms in total. The van der Waals surface area contributed by atoms with Gasteiger partial charge in [-0.2, -0.15) is 0 Å². The van der Waals surface area contributed by atoms with Gasteiger partial charge in [0.05, 0.1) is 6.04 Å². The summed E-state index contributed by atoms with van der Waals surface area (Å²) >= 11 is 0. The summed E-state index contributed by atoms with van der Waals surface area (Å²) in [5.74, 6) is 8.77. The van der Waals surface area contributed by atoms with Crippen molar-refractivity contribution in [2.75, 3.05) is 7.05 Å². The lowest BCUT2D eigenvalue weighted by Crippen LogP contribution is -2.48. The Labute approximate surface area is 86.0 Å². The highest BCUT2D eigenvalue weighted by atomic mass is 15.2. The van der Waals surface area contributed by atoms with E-state index in [0.717, 1.165) is 12.1 Å². The number of rotatable bonds is 2. The van der Waals surface area contributed by atoms with Crippen molar-refractivity contribution in [3.63, 3.8) is 0 Å². The lowest BCUT2D eigenvalue weighted by atomic mass is 9.86. The summed E-state index contributed by atoms with van der Waals surface area (Å²) in [6, 6.07) is 1.54. The fraction of sp³-hybridized carbons (Fsp3) is 0.818. The topological polar surface area (TPSA) is 41.3 Å². The standard InChI is InChI=1S/C11H19N3/c1-3-11(13-12)8-6-9-4-5-10(7-8)14(9)2/h1,8-11,13H,4-7,12H2,2H3. The van der Waals surface area contributed by atoms with Gasteiger partial charge in [0.25, 0.3) is 0 Å². The molecule has 2 aliphatic rings. The normalized spacial score (nSPS) is 39.4. The van der Waals surface area contributed by atoms with Crippen molar-refractivity contribution in [3.05, 3.63) is 0 Å². The summed E-state index contributed by atoms with van der Waals surface area (Å²) in [7, 11) is 2.24. The number of nitrogens with two attached hydrogens (primary N) is 1. The average molecular weight is 193 g/mol. The largest absolute Gasteiger partial charge is 0.300 e. The Kier molecular flexibility index (Phi) is 2.78. The van der Waals surface area contributed by atoms with Gasteiger partial charge in [-0.05, 0) is 38.6 Å². The van der Waals surface area contributed by atoms with Gasteiger partial charge >= 0.3 is 0 Å². The number of nitrogens with zero attached hydrogens (tertiary/aromatic N) is 1. The van der Waals surface area contributed by atoms with Gasteiger partial charge in [0.2, 0.25) is 0 Å². The van der Waals surface area contributed by atoms with E-state index in [2.05, 4.69) is 23.3 Å². The first-order valence-corrected chi connectivity index (χ1v) is 5.40. The minimum atomic E-state index is 0.0619. The SMILES string of the molecule is C#CC(NN)C1CC2CCC(C1)N2C.